The summed E-state index contributed by atoms with van der Waals surface area (Å²) < 4.78 is 4.94. The quantitative estimate of drug-likeness (QED) is 0.558. The van der Waals surface area contributed by atoms with Crippen LogP contribution in [0.1, 0.15) is 34.4 Å². The standard InChI is InChI=1S/C13H17N5O2/c1-3-10-5-9(6-12(16-10)17-14)13(19)15-7-11-4-8(2)20-18-11/h4-6H,3,7,14H2,1-2H3,(H,15,19)(H,16,17). The number of nitrogens with zero attached hydrogens (tertiary/aromatic N) is 2. The van der Waals surface area contributed by atoms with Crippen LogP contribution < -0.4 is 16.6 Å². The summed E-state index contributed by atoms with van der Waals surface area (Å²) in [5.74, 6) is 6.31. The third-order valence-corrected chi connectivity index (χ3v) is 2.76. The van der Waals surface area contributed by atoms with E-state index in [1.54, 1.807) is 25.1 Å². The van der Waals surface area contributed by atoms with Gasteiger partial charge in [-0.25, -0.2) is 10.8 Å². The number of amides is 1. The predicted octanol–water partition coefficient (Wildman–Crippen LogP) is 1.16. The van der Waals surface area contributed by atoms with Crippen LogP contribution in [0.25, 0.3) is 0 Å². The first-order valence-corrected chi connectivity index (χ1v) is 6.30. The summed E-state index contributed by atoms with van der Waals surface area (Å²) in [5.41, 5.74) is 4.43. The van der Waals surface area contributed by atoms with Crippen molar-refractivity contribution in [3.63, 3.8) is 0 Å². The molecule has 106 valence electrons. The minimum Gasteiger partial charge on any atom is -0.361 e. The van der Waals surface area contributed by atoms with Gasteiger partial charge in [0.15, 0.2) is 0 Å². The fourth-order valence-corrected chi connectivity index (χ4v) is 1.75. The van der Waals surface area contributed by atoms with Crippen molar-refractivity contribution in [1.29, 1.82) is 0 Å². The van der Waals surface area contributed by atoms with Gasteiger partial charge in [-0.2, -0.15) is 0 Å². The zero-order valence-corrected chi connectivity index (χ0v) is 11.4. The smallest absolute Gasteiger partial charge is 0.251 e. The summed E-state index contributed by atoms with van der Waals surface area (Å²) in [6.07, 6.45) is 0.721. The van der Waals surface area contributed by atoms with Gasteiger partial charge >= 0.3 is 0 Å². The van der Waals surface area contributed by atoms with Crippen molar-refractivity contribution < 1.29 is 9.32 Å². The summed E-state index contributed by atoms with van der Waals surface area (Å²) in [6.45, 7) is 4.07. The molecular formula is C13H17N5O2. The number of nitrogens with one attached hydrogen (secondary N) is 2. The van der Waals surface area contributed by atoms with Crippen molar-refractivity contribution in [3.05, 3.63) is 40.9 Å². The molecule has 0 unspecified atom stereocenters. The van der Waals surface area contributed by atoms with E-state index in [1.165, 1.54) is 0 Å². The van der Waals surface area contributed by atoms with Crippen molar-refractivity contribution in [2.45, 2.75) is 26.8 Å². The van der Waals surface area contributed by atoms with E-state index in [4.69, 9.17) is 10.4 Å². The van der Waals surface area contributed by atoms with Crippen LogP contribution in [0.5, 0.6) is 0 Å². The number of aromatic nitrogens is 2. The Bertz CT molecular complexity index is 586. The second-order valence-electron chi connectivity index (χ2n) is 4.34. The molecule has 2 heterocycles. The Hall–Kier alpha value is -2.41. The maximum Gasteiger partial charge on any atom is 0.251 e. The fourth-order valence-electron chi connectivity index (χ4n) is 1.75. The van der Waals surface area contributed by atoms with Crippen molar-refractivity contribution in [2.75, 3.05) is 5.43 Å². The van der Waals surface area contributed by atoms with Crippen LogP contribution in [0.2, 0.25) is 0 Å². The van der Waals surface area contributed by atoms with Crippen molar-refractivity contribution in [1.82, 2.24) is 15.5 Å². The van der Waals surface area contributed by atoms with E-state index in [1.807, 2.05) is 6.92 Å². The molecule has 0 aliphatic heterocycles. The maximum atomic E-state index is 12.1. The van der Waals surface area contributed by atoms with E-state index in [0.717, 1.165) is 12.1 Å². The topological polar surface area (TPSA) is 106 Å². The molecule has 2 aromatic heterocycles. The van der Waals surface area contributed by atoms with Gasteiger partial charge in [-0.3, -0.25) is 4.79 Å². The van der Waals surface area contributed by atoms with Gasteiger partial charge in [0.2, 0.25) is 0 Å². The highest BCUT2D eigenvalue weighted by atomic mass is 16.5. The molecule has 0 bridgehead atoms. The number of nitrogen functional groups attached to an aromatic ring is 1. The molecule has 20 heavy (non-hydrogen) atoms. The summed E-state index contributed by atoms with van der Waals surface area (Å²) in [6, 6.07) is 5.12. The molecule has 0 saturated carbocycles. The fraction of sp³-hybridized carbons (Fsp3) is 0.308. The van der Waals surface area contributed by atoms with E-state index in [9.17, 15) is 4.79 Å². The normalized spacial score (nSPS) is 10.3. The molecule has 4 N–H and O–H groups in total. The lowest BCUT2D eigenvalue weighted by molar-refractivity contribution is 0.0950. The molecule has 7 heteroatoms. The Balaban J connectivity index is 2.08. The predicted molar refractivity (Wildman–Crippen MR) is 73.8 cm³/mol. The summed E-state index contributed by atoms with van der Waals surface area (Å²) in [5, 5.41) is 6.59. The Kier molecular flexibility index (Phi) is 4.31. The van der Waals surface area contributed by atoms with Gasteiger partial charge in [0.1, 0.15) is 17.3 Å². The number of nitrogens with two attached hydrogens (primary N) is 1. The summed E-state index contributed by atoms with van der Waals surface area (Å²) >= 11 is 0. The lowest BCUT2D eigenvalue weighted by Crippen LogP contribution is -2.23. The van der Waals surface area contributed by atoms with Crippen LogP contribution in [0.4, 0.5) is 5.82 Å². The third kappa shape index (κ3) is 3.33. The maximum absolute atomic E-state index is 12.1. The van der Waals surface area contributed by atoms with Crippen LogP contribution in [0, 0.1) is 6.92 Å². The number of aryl methyl sites for hydroxylation is 2. The van der Waals surface area contributed by atoms with Gasteiger partial charge < -0.3 is 15.3 Å². The Morgan fingerprint density at radius 1 is 1.35 bits per heavy atom. The van der Waals surface area contributed by atoms with E-state index in [-0.39, 0.29) is 5.91 Å². The molecular weight excluding hydrogens is 258 g/mol. The zero-order valence-electron chi connectivity index (χ0n) is 11.4. The number of anilines is 1. The highest BCUT2D eigenvalue weighted by molar-refractivity contribution is 5.94. The lowest BCUT2D eigenvalue weighted by atomic mass is 10.2. The van der Waals surface area contributed by atoms with Gasteiger partial charge in [-0.15, -0.1) is 0 Å². The van der Waals surface area contributed by atoms with Crippen LogP contribution in [0.3, 0.4) is 0 Å². The van der Waals surface area contributed by atoms with Crippen molar-refractivity contribution >= 4 is 11.7 Å². The van der Waals surface area contributed by atoms with E-state index >= 15 is 0 Å². The molecule has 0 radical (unpaired) electrons. The Morgan fingerprint density at radius 2 is 2.15 bits per heavy atom. The van der Waals surface area contributed by atoms with Gasteiger partial charge in [-0.1, -0.05) is 12.1 Å². The zero-order chi connectivity index (χ0) is 14.5. The van der Waals surface area contributed by atoms with Crippen LogP contribution in [-0.4, -0.2) is 16.0 Å². The molecule has 2 aromatic rings. The molecule has 0 aromatic carbocycles. The van der Waals surface area contributed by atoms with Crippen molar-refractivity contribution in [2.24, 2.45) is 5.84 Å². The molecule has 1 amide bonds. The molecule has 0 fully saturated rings. The first kappa shape index (κ1) is 14.0. The van der Waals surface area contributed by atoms with Gasteiger partial charge in [0.05, 0.1) is 6.54 Å². The third-order valence-electron chi connectivity index (χ3n) is 2.76. The van der Waals surface area contributed by atoms with E-state index in [0.29, 0.717) is 29.4 Å². The number of carbonyl (C=O) groups is 1. The number of hydrazine groups is 1. The first-order valence-electron chi connectivity index (χ1n) is 6.30. The molecule has 0 atom stereocenters. The highest BCUT2D eigenvalue weighted by Crippen LogP contribution is 2.11. The second kappa shape index (κ2) is 6.16. The minimum atomic E-state index is -0.209. The van der Waals surface area contributed by atoms with Gasteiger partial charge in [-0.05, 0) is 25.5 Å². The highest BCUT2D eigenvalue weighted by Gasteiger charge is 2.10. The first-order chi connectivity index (χ1) is 9.62. The molecule has 0 aliphatic carbocycles. The van der Waals surface area contributed by atoms with Gasteiger partial charge in [0.25, 0.3) is 5.91 Å². The molecule has 7 nitrogen and oxygen atoms in total. The van der Waals surface area contributed by atoms with Crippen molar-refractivity contribution in [3.8, 4) is 0 Å². The number of pyridine rings is 1. The molecule has 0 aliphatic rings. The lowest BCUT2D eigenvalue weighted by Gasteiger charge is -2.07. The number of rotatable bonds is 5. The monoisotopic (exact) mass is 275 g/mol. The largest absolute Gasteiger partial charge is 0.361 e. The molecule has 0 spiro atoms. The minimum absolute atomic E-state index is 0.209. The average Bonchev–Trinajstić information content (AvgIpc) is 2.89. The molecule has 2 rings (SSSR count). The number of carbonyl (C=O) groups excluding carboxylic acids is 1. The van der Waals surface area contributed by atoms with Gasteiger partial charge in [0, 0.05) is 17.3 Å². The Morgan fingerprint density at radius 3 is 2.75 bits per heavy atom. The SMILES string of the molecule is CCc1cc(C(=O)NCc2cc(C)on2)cc(NN)n1. The van der Waals surface area contributed by atoms with Crippen LogP contribution in [0.15, 0.2) is 22.7 Å². The average molecular weight is 275 g/mol. The molecule has 0 saturated heterocycles. The second-order valence-corrected chi connectivity index (χ2v) is 4.34. The van der Waals surface area contributed by atoms with Crippen LogP contribution in [-0.2, 0) is 13.0 Å². The number of hydrogen-bond acceptors (Lipinski definition) is 6. The Labute approximate surface area is 116 Å². The number of hydrogen-bond donors (Lipinski definition) is 3. The van der Waals surface area contributed by atoms with Crippen LogP contribution >= 0.6 is 0 Å². The van der Waals surface area contributed by atoms with E-state index < -0.39 is 0 Å². The van der Waals surface area contributed by atoms with E-state index in [2.05, 4.69) is 20.9 Å². The summed E-state index contributed by atoms with van der Waals surface area (Å²) in [7, 11) is 0. The summed E-state index contributed by atoms with van der Waals surface area (Å²) in [4.78, 5) is 16.3.